The largest absolute Gasteiger partial charge is 0.0622 e. The van der Waals surface area contributed by atoms with Gasteiger partial charge in [0.2, 0.25) is 0 Å². The van der Waals surface area contributed by atoms with Crippen molar-refractivity contribution in [2.45, 2.75) is 0 Å². The highest BCUT2D eigenvalue weighted by Crippen LogP contribution is 2.40. The van der Waals surface area contributed by atoms with E-state index in [1.807, 2.05) is 0 Å². The van der Waals surface area contributed by atoms with E-state index in [0.717, 1.165) is 4.47 Å². The normalized spacial score (nSPS) is 10.6. The number of benzene rings is 4. The van der Waals surface area contributed by atoms with Gasteiger partial charge in [-0.1, -0.05) is 91.0 Å². The lowest BCUT2D eigenvalue weighted by molar-refractivity contribution is 1.54. The van der Waals surface area contributed by atoms with E-state index in [4.69, 9.17) is 0 Å². The Kier molecular flexibility index (Phi) is 4.49. The van der Waals surface area contributed by atoms with Crippen LogP contribution in [0, 0.1) is 0 Å². The first kappa shape index (κ1) is 15.9. The van der Waals surface area contributed by atoms with E-state index >= 15 is 0 Å². The fourth-order valence-corrected chi connectivity index (χ4v) is 3.76. The molecule has 0 unspecified atom stereocenters. The van der Waals surface area contributed by atoms with Crippen LogP contribution < -0.4 is 0 Å². The van der Waals surface area contributed by atoms with Crippen LogP contribution in [0.3, 0.4) is 0 Å². The Labute approximate surface area is 156 Å². The lowest BCUT2D eigenvalue weighted by atomic mass is 9.93. The molecule has 0 bridgehead atoms. The van der Waals surface area contributed by atoms with E-state index in [2.05, 4.69) is 119 Å². The molecular weight excluding hydrogens is 368 g/mol. The van der Waals surface area contributed by atoms with Crippen molar-refractivity contribution >= 4 is 15.9 Å². The second kappa shape index (κ2) is 7.08. The second-order valence-electron chi connectivity index (χ2n) is 5.98. The molecule has 0 spiro atoms. The molecule has 0 nitrogen and oxygen atoms in total. The van der Waals surface area contributed by atoms with Crippen LogP contribution in [0.1, 0.15) is 0 Å². The van der Waals surface area contributed by atoms with Crippen LogP contribution in [0.15, 0.2) is 108 Å². The van der Waals surface area contributed by atoms with Gasteiger partial charge >= 0.3 is 0 Å². The molecule has 0 saturated carbocycles. The van der Waals surface area contributed by atoms with Crippen molar-refractivity contribution < 1.29 is 0 Å². The first-order valence-electron chi connectivity index (χ1n) is 8.33. The molecule has 0 aliphatic rings. The van der Waals surface area contributed by atoms with Gasteiger partial charge in [-0.2, -0.15) is 0 Å². The summed E-state index contributed by atoms with van der Waals surface area (Å²) >= 11 is 3.86. The van der Waals surface area contributed by atoms with Gasteiger partial charge in [-0.3, -0.25) is 0 Å². The van der Waals surface area contributed by atoms with E-state index < -0.39 is 0 Å². The van der Waals surface area contributed by atoms with Gasteiger partial charge in [-0.15, -0.1) is 0 Å². The smallest absolute Gasteiger partial charge is 0.0332 e. The molecule has 0 aliphatic carbocycles. The first-order valence-corrected chi connectivity index (χ1v) is 9.12. The van der Waals surface area contributed by atoms with Crippen LogP contribution in [-0.4, -0.2) is 0 Å². The highest BCUT2D eigenvalue weighted by atomic mass is 79.9. The van der Waals surface area contributed by atoms with Crippen LogP contribution in [0.4, 0.5) is 0 Å². The maximum Gasteiger partial charge on any atom is 0.0332 e. The van der Waals surface area contributed by atoms with Crippen molar-refractivity contribution in [3.63, 3.8) is 0 Å². The molecule has 120 valence electrons. The standard InChI is InChI=1S/C24H17Br/c25-24-22(19-12-6-2-7-13-19)16-21(18-10-4-1-5-11-18)17-23(24)20-14-8-3-9-15-20/h1-17H. The average Bonchev–Trinajstić information content (AvgIpc) is 2.70. The summed E-state index contributed by atoms with van der Waals surface area (Å²) in [7, 11) is 0. The zero-order valence-electron chi connectivity index (χ0n) is 13.7. The first-order chi connectivity index (χ1) is 12.3. The fraction of sp³-hybridized carbons (Fsp3) is 0. The Morgan fingerprint density at radius 3 is 1.16 bits per heavy atom. The Morgan fingerprint density at radius 2 is 0.760 bits per heavy atom. The fourth-order valence-electron chi connectivity index (χ4n) is 3.08. The van der Waals surface area contributed by atoms with Crippen molar-refractivity contribution in [3.05, 3.63) is 108 Å². The molecule has 0 fully saturated rings. The summed E-state index contributed by atoms with van der Waals surface area (Å²) in [5.41, 5.74) is 7.29. The molecule has 1 heteroatoms. The third-order valence-corrected chi connectivity index (χ3v) is 5.20. The molecule has 25 heavy (non-hydrogen) atoms. The van der Waals surface area contributed by atoms with Gasteiger partial charge in [0.15, 0.2) is 0 Å². The van der Waals surface area contributed by atoms with Gasteiger partial charge in [0, 0.05) is 4.47 Å². The molecule has 4 aromatic carbocycles. The Morgan fingerprint density at radius 1 is 0.400 bits per heavy atom. The summed E-state index contributed by atoms with van der Waals surface area (Å²) < 4.78 is 1.13. The molecule has 0 heterocycles. The topological polar surface area (TPSA) is 0 Å². The second-order valence-corrected chi connectivity index (χ2v) is 6.78. The number of halogens is 1. The van der Waals surface area contributed by atoms with E-state index in [0.29, 0.717) is 0 Å². The number of hydrogen-bond donors (Lipinski definition) is 0. The van der Waals surface area contributed by atoms with Gasteiger partial charge < -0.3 is 0 Å². The van der Waals surface area contributed by atoms with Gasteiger partial charge in [0.25, 0.3) is 0 Å². The summed E-state index contributed by atoms with van der Waals surface area (Å²) in [6.07, 6.45) is 0. The summed E-state index contributed by atoms with van der Waals surface area (Å²) in [5, 5.41) is 0. The van der Waals surface area contributed by atoms with E-state index in [1.165, 1.54) is 33.4 Å². The molecule has 0 N–H and O–H groups in total. The molecule has 4 aromatic rings. The third kappa shape index (κ3) is 3.29. The van der Waals surface area contributed by atoms with Crippen molar-refractivity contribution in [3.8, 4) is 33.4 Å². The molecule has 4 rings (SSSR count). The van der Waals surface area contributed by atoms with Gasteiger partial charge in [-0.05, 0) is 61.4 Å². The van der Waals surface area contributed by atoms with E-state index in [1.54, 1.807) is 0 Å². The minimum atomic E-state index is 1.13. The minimum absolute atomic E-state index is 1.13. The molecule has 0 amide bonds. The van der Waals surface area contributed by atoms with Crippen LogP contribution in [0.2, 0.25) is 0 Å². The summed E-state index contributed by atoms with van der Waals surface area (Å²) in [4.78, 5) is 0. The lowest BCUT2D eigenvalue weighted by Crippen LogP contribution is -1.88. The zero-order chi connectivity index (χ0) is 17.1. The SMILES string of the molecule is Brc1c(-c2ccccc2)cc(-c2ccccc2)cc1-c1ccccc1. The van der Waals surface area contributed by atoms with Crippen LogP contribution in [0.5, 0.6) is 0 Å². The zero-order valence-corrected chi connectivity index (χ0v) is 15.3. The molecule has 0 radical (unpaired) electrons. The third-order valence-electron chi connectivity index (χ3n) is 4.35. The molecule has 0 saturated heterocycles. The van der Waals surface area contributed by atoms with Crippen molar-refractivity contribution in [1.29, 1.82) is 0 Å². The molecule has 0 atom stereocenters. The van der Waals surface area contributed by atoms with E-state index in [9.17, 15) is 0 Å². The molecule has 0 aromatic heterocycles. The monoisotopic (exact) mass is 384 g/mol. The van der Waals surface area contributed by atoms with Gasteiger partial charge in [-0.25, -0.2) is 0 Å². The quantitative estimate of drug-likeness (QED) is 0.344. The molecule has 0 aliphatic heterocycles. The van der Waals surface area contributed by atoms with Crippen molar-refractivity contribution in [2.75, 3.05) is 0 Å². The predicted molar refractivity (Wildman–Crippen MR) is 110 cm³/mol. The number of rotatable bonds is 3. The van der Waals surface area contributed by atoms with Gasteiger partial charge in [0.1, 0.15) is 0 Å². The van der Waals surface area contributed by atoms with Crippen molar-refractivity contribution in [1.82, 2.24) is 0 Å². The Balaban J connectivity index is 1.98. The average molecular weight is 385 g/mol. The van der Waals surface area contributed by atoms with Gasteiger partial charge in [0.05, 0.1) is 0 Å². The minimum Gasteiger partial charge on any atom is -0.0622 e. The Hall–Kier alpha value is -2.64. The predicted octanol–water partition coefficient (Wildman–Crippen LogP) is 7.45. The molecular formula is C24H17Br. The highest BCUT2D eigenvalue weighted by molar-refractivity contribution is 9.10. The van der Waals surface area contributed by atoms with E-state index in [-0.39, 0.29) is 0 Å². The van der Waals surface area contributed by atoms with Crippen LogP contribution in [-0.2, 0) is 0 Å². The lowest BCUT2D eigenvalue weighted by Gasteiger charge is -2.14. The maximum absolute atomic E-state index is 3.86. The maximum atomic E-state index is 3.86. The Bertz CT molecular complexity index is 914. The summed E-state index contributed by atoms with van der Waals surface area (Å²) in [5.74, 6) is 0. The highest BCUT2D eigenvalue weighted by Gasteiger charge is 2.13. The summed E-state index contributed by atoms with van der Waals surface area (Å²) in [6, 6.07) is 36.1. The summed E-state index contributed by atoms with van der Waals surface area (Å²) in [6.45, 7) is 0. The van der Waals surface area contributed by atoms with Crippen LogP contribution >= 0.6 is 15.9 Å². The number of hydrogen-bond acceptors (Lipinski definition) is 0. The van der Waals surface area contributed by atoms with Crippen molar-refractivity contribution in [2.24, 2.45) is 0 Å². The van der Waals surface area contributed by atoms with Crippen LogP contribution in [0.25, 0.3) is 33.4 Å².